The minimum Gasteiger partial charge on any atom is -0.336 e. The van der Waals surface area contributed by atoms with Crippen molar-refractivity contribution in [1.29, 1.82) is 0 Å². The lowest BCUT2D eigenvalue weighted by Gasteiger charge is -2.44. The molecule has 5 rings (SSSR count). The van der Waals surface area contributed by atoms with Gasteiger partial charge < -0.3 is 9.80 Å². The fourth-order valence-electron chi connectivity index (χ4n) is 5.16. The fourth-order valence-corrected chi connectivity index (χ4v) is 5.28. The normalized spacial score (nSPS) is 21.4. The molecule has 2 aromatic carbocycles. The molecule has 2 saturated heterocycles. The van der Waals surface area contributed by atoms with Crippen molar-refractivity contribution in [2.75, 3.05) is 32.7 Å². The predicted octanol–water partition coefficient (Wildman–Crippen LogP) is 3.85. The summed E-state index contributed by atoms with van der Waals surface area (Å²) in [7, 11) is 0. The van der Waals surface area contributed by atoms with E-state index in [1.165, 1.54) is 31.4 Å². The van der Waals surface area contributed by atoms with Gasteiger partial charge in [0, 0.05) is 54.9 Å². The van der Waals surface area contributed by atoms with Gasteiger partial charge in [0.2, 0.25) is 0 Å². The zero-order valence-corrected chi connectivity index (χ0v) is 18.5. The van der Waals surface area contributed by atoms with Crippen LogP contribution in [0.4, 0.5) is 0 Å². The molecule has 2 aromatic rings. The Morgan fingerprint density at radius 2 is 1.58 bits per heavy atom. The third-order valence-corrected chi connectivity index (χ3v) is 7.22. The second kappa shape index (κ2) is 8.64. The third-order valence-electron chi connectivity index (χ3n) is 6.97. The smallest absolute Gasteiger partial charge is 0.254 e. The van der Waals surface area contributed by atoms with E-state index in [1.54, 1.807) is 24.3 Å². The minimum absolute atomic E-state index is 0.0211. The molecule has 0 spiro atoms. The van der Waals surface area contributed by atoms with E-state index < -0.39 is 0 Å². The quantitative estimate of drug-likeness (QED) is 0.716. The minimum atomic E-state index is 0.0211. The number of halogens is 1. The number of carbonyl (C=O) groups is 2. The lowest BCUT2D eigenvalue weighted by molar-refractivity contribution is 0.0372. The Bertz CT molecular complexity index is 991. The van der Waals surface area contributed by atoms with Crippen LogP contribution in [0.3, 0.4) is 0 Å². The number of hydrogen-bond donors (Lipinski definition) is 0. The molecule has 2 amide bonds. The molecule has 1 unspecified atom stereocenters. The van der Waals surface area contributed by atoms with E-state index in [1.807, 2.05) is 21.9 Å². The van der Waals surface area contributed by atoms with Crippen molar-refractivity contribution in [2.24, 2.45) is 0 Å². The lowest BCUT2D eigenvalue weighted by Crippen LogP contribution is -2.56. The highest BCUT2D eigenvalue weighted by atomic mass is 35.5. The predicted molar refractivity (Wildman–Crippen MR) is 121 cm³/mol. The van der Waals surface area contributed by atoms with E-state index >= 15 is 0 Å². The first kappa shape index (κ1) is 20.5. The average molecular weight is 438 g/mol. The molecule has 0 aromatic heterocycles. The number of benzene rings is 2. The molecule has 0 N–H and O–H groups in total. The Kier molecular flexibility index (Phi) is 5.72. The van der Waals surface area contributed by atoms with Crippen molar-refractivity contribution < 1.29 is 9.59 Å². The Morgan fingerprint density at radius 1 is 0.806 bits per heavy atom. The fraction of sp³-hybridized carbons (Fsp3) is 0.440. The van der Waals surface area contributed by atoms with E-state index in [0.717, 1.165) is 37.2 Å². The van der Waals surface area contributed by atoms with Crippen molar-refractivity contribution in [3.05, 3.63) is 69.7 Å². The van der Waals surface area contributed by atoms with E-state index in [2.05, 4.69) is 11.0 Å². The van der Waals surface area contributed by atoms with E-state index in [-0.39, 0.29) is 11.8 Å². The summed E-state index contributed by atoms with van der Waals surface area (Å²) >= 11 is 5.94. The van der Waals surface area contributed by atoms with Crippen LogP contribution in [0.1, 0.15) is 51.1 Å². The summed E-state index contributed by atoms with van der Waals surface area (Å²) in [5, 5.41) is 0.627. The number of carbonyl (C=O) groups excluding carboxylic acids is 2. The standard InChI is InChI=1S/C25H28ClN3O2/c26-22-8-6-18(7-9-22)24(30)28-12-10-19-15-20(4-5-21(19)16-28)25(31)29-14-13-27-11-2-1-3-23(27)17-29/h4-9,15,23H,1-3,10-14,16-17H2. The maximum absolute atomic E-state index is 13.2. The van der Waals surface area contributed by atoms with Crippen LogP contribution >= 0.6 is 11.6 Å². The van der Waals surface area contributed by atoms with E-state index in [0.29, 0.717) is 29.7 Å². The van der Waals surface area contributed by atoms with Crippen molar-refractivity contribution in [3.63, 3.8) is 0 Å². The summed E-state index contributed by atoms with van der Waals surface area (Å²) in [6, 6.07) is 13.6. The first-order valence-electron chi connectivity index (χ1n) is 11.3. The number of nitrogens with zero attached hydrogens (tertiary/aromatic N) is 3. The van der Waals surface area contributed by atoms with Crippen LogP contribution in [0.25, 0.3) is 0 Å². The highest BCUT2D eigenvalue weighted by molar-refractivity contribution is 6.30. The Labute approximate surface area is 188 Å². The maximum Gasteiger partial charge on any atom is 0.254 e. The maximum atomic E-state index is 13.2. The van der Waals surface area contributed by atoms with Gasteiger partial charge in [-0.25, -0.2) is 0 Å². The lowest BCUT2D eigenvalue weighted by atomic mass is 9.95. The number of fused-ring (bicyclic) bond motifs is 2. The van der Waals surface area contributed by atoms with Crippen LogP contribution in [0.5, 0.6) is 0 Å². The second-order valence-electron chi connectivity index (χ2n) is 8.90. The molecular formula is C25H28ClN3O2. The van der Waals surface area contributed by atoms with Gasteiger partial charge in [0.1, 0.15) is 0 Å². The molecule has 3 aliphatic rings. The summed E-state index contributed by atoms with van der Waals surface area (Å²) in [6.45, 7) is 5.06. The molecule has 5 nitrogen and oxygen atoms in total. The Hall–Kier alpha value is -2.37. The molecular weight excluding hydrogens is 410 g/mol. The van der Waals surface area contributed by atoms with Gasteiger partial charge in [-0.1, -0.05) is 24.1 Å². The molecule has 2 fully saturated rings. The van der Waals surface area contributed by atoms with Gasteiger partial charge in [-0.15, -0.1) is 0 Å². The highest BCUT2D eigenvalue weighted by Gasteiger charge is 2.32. The molecule has 0 radical (unpaired) electrons. The molecule has 0 bridgehead atoms. The largest absolute Gasteiger partial charge is 0.336 e. The molecule has 0 aliphatic carbocycles. The number of rotatable bonds is 2. The average Bonchev–Trinajstić information content (AvgIpc) is 2.82. The SMILES string of the molecule is O=C(c1ccc(Cl)cc1)N1CCc2cc(C(=O)N3CCN4CCCCC4C3)ccc2C1. The summed E-state index contributed by atoms with van der Waals surface area (Å²) in [4.78, 5) is 32.5. The zero-order chi connectivity index (χ0) is 21.4. The zero-order valence-electron chi connectivity index (χ0n) is 17.7. The molecule has 0 saturated carbocycles. The number of amides is 2. The first-order chi connectivity index (χ1) is 15.1. The van der Waals surface area contributed by atoms with Gasteiger partial charge in [0.15, 0.2) is 0 Å². The van der Waals surface area contributed by atoms with Gasteiger partial charge in [-0.2, -0.15) is 0 Å². The Balaban J connectivity index is 1.27. The van der Waals surface area contributed by atoms with Crippen molar-refractivity contribution in [1.82, 2.24) is 14.7 Å². The van der Waals surface area contributed by atoms with Gasteiger partial charge >= 0.3 is 0 Å². The van der Waals surface area contributed by atoms with Crippen LogP contribution in [-0.2, 0) is 13.0 Å². The molecule has 31 heavy (non-hydrogen) atoms. The van der Waals surface area contributed by atoms with Crippen molar-refractivity contribution in [3.8, 4) is 0 Å². The molecule has 3 aliphatic heterocycles. The van der Waals surface area contributed by atoms with Gasteiger partial charge in [-0.05, 0) is 73.3 Å². The molecule has 162 valence electrons. The first-order valence-corrected chi connectivity index (χ1v) is 11.7. The van der Waals surface area contributed by atoms with Gasteiger partial charge in [0.05, 0.1) is 0 Å². The third kappa shape index (κ3) is 4.21. The van der Waals surface area contributed by atoms with Crippen LogP contribution in [-0.4, -0.2) is 65.3 Å². The Morgan fingerprint density at radius 3 is 2.42 bits per heavy atom. The second-order valence-corrected chi connectivity index (χ2v) is 9.34. The van der Waals surface area contributed by atoms with E-state index in [4.69, 9.17) is 11.6 Å². The van der Waals surface area contributed by atoms with E-state index in [9.17, 15) is 9.59 Å². The number of piperazine rings is 1. The van der Waals surface area contributed by atoms with Crippen molar-refractivity contribution >= 4 is 23.4 Å². The summed E-state index contributed by atoms with van der Waals surface area (Å²) in [5.41, 5.74) is 3.74. The van der Waals surface area contributed by atoms with Gasteiger partial charge in [0.25, 0.3) is 11.8 Å². The highest BCUT2D eigenvalue weighted by Crippen LogP contribution is 2.25. The van der Waals surface area contributed by atoms with Crippen LogP contribution in [0, 0.1) is 0 Å². The molecule has 1 atom stereocenters. The van der Waals surface area contributed by atoms with Gasteiger partial charge in [-0.3, -0.25) is 14.5 Å². The number of hydrogen-bond acceptors (Lipinski definition) is 3. The topological polar surface area (TPSA) is 43.9 Å². The summed E-state index contributed by atoms with van der Waals surface area (Å²) in [6.07, 6.45) is 4.53. The number of piperidine rings is 1. The monoisotopic (exact) mass is 437 g/mol. The molecule has 6 heteroatoms. The van der Waals surface area contributed by atoms with Crippen LogP contribution in [0.15, 0.2) is 42.5 Å². The van der Waals surface area contributed by atoms with Crippen molar-refractivity contribution in [2.45, 2.75) is 38.3 Å². The van der Waals surface area contributed by atoms with Crippen LogP contribution < -0.4 is 0 Å². The molecule has 3 heterocycles. The summed E-state index contributed by atoms with van der Waals surface area (Å²) < 4.78 is 0. The summed E-state index contributed by atoms with van der Waals surface area (Å²) in [5.74, 6) is 0.167. The van der Waals surface area contributed by atoms with Crippen LogP contribution in [0.2, 0.25) is 5.02 Å².